The minimum atomic E-state index is -0.0878. The molecule has 0 bridgehead atoms. The van der Waals surface area contributed by atoms with Crippen molar-refractivity contribution in [1.29, 1.82) is 0 Å². The van der Waals surface area contributed by atoms with Crippen molar-refractivity contribution in [3.8, 4) is 0 Å². The second kappa shape index (κ2) is 7.51. The highest BCUT2D eigenvalue weighted by Crippen LogP contribution is 2.19. The lowest BCUT2D eigenvalue weighted by molar-refractivity contribution is -0.140. The average Bonchev–Trinajstić information content (AvgIpc) is 2.61. The Balaban J connectivity index is 1.56. The first-order valence-corrected chi connectivity index (χ1v) is 8.15. The molecule has 1 saturated heterocycles. The van der Waals surface area contributed by atoms with Gasteiger partial charge in [-0.3, -0.25) is 4.79 Å². The SMILES string of the molecule is CC1=C(C(=O)N2CCO[C@H](CCc3ccccc3)C2)OCCO1. The molecule has 1 atom stereocenters. The van der Waals surface area contributed by atoms with Crippen LogP contribution in [0.2, 0.25) is 0 Å². The Kier molecular flexibility index (Phi) is 5.18. The Hall–Kier alpha value is -2.01. The maximum atomic E-state index is 12.6. The van der Waals surface area contributed by atoms with Crippen molar-refractivity contribution in [1.82, 2.24) is 4.90 Å². The van der Waals surface area contributed by atoms with Crippen molar-refractivity contribution in [2.24, 2.45) is 0 Å². The molecule has 1 aromatic rings. The molecule has 0 N–H and O–H groups in total. The van der Waals surface area contributed by atoms with Crippen LogP contribution in [0.5, 0.6) is 0 Å². The highest BCUT2D eigenvalue weighted by Gasteiger charge is 2.29. The van der Waals surface area contributed by atoms with E-state index in [-0.39, 0.29) is 12.0 Å². The largest absolute Gasteiger partial charge is 0.491 e. The molecule has 0 aromatic heterocycles. The molecule has 23 heavy (non-hydrogen) atoms. The fourth-order valence-electron chi connectivity index (χ4n) is 2.91. The summed E-state index contributed by atoms with van der Waals surface area (Å²) in [4.78, 5) is 14.4. The van der Waals surface area contributed by atoms with Crippen LogP contribution in [0.4, 0.5) is 0 Å². The van der Waals surface area contributed by atoms with Crippen molar-refractivity contribution in [3.63, 3.8) is 0 Å². The maximum Gasteiger partial charge on any atom is 0.292 e. The van der Waals surface area contributed by atoms with Crippen molar-refractivity contribution >= 4 is 5.91 Å². The molecule has 124 valence electrons. The highest BCUT2D eigenvalue weighted by molar-refractivity contribution is 5.92. The molecule has 2 aliphatic heterocycles. The van der Waals surface area contributed by atoms with E-state index in [1.165, 1.54) is 5.56 Å². The van der Waals surface area contributed by atoms with Gasteiger partial charge in [-0.15, -0.1) is 0 Å². The van der Waals surface area contributed by atoms with Crippen LogP contribution in [0.1, 0.15) is 18.9 Å². The summed E-state index contributed by atoms with van der Waals surface area (Å²) in [6.07, 6.45) is 1.93. The molecule has 0 radical (unpaired) electrons. The summed E-state index contributed by atoms with van der Waals surface area (Å²) >= 11 is 0. The molecule has 2 heterocycles. The zero-order valence-corrected chi connectivity index (χ0v) is 13.5. The summed E-state index contributed by atoms with van der Waals surface area (Å²) in [6.45, 7) is 4.48. The highest BCUT2D eigenvalue weighted by atomic mass is 16.6. The Bertz CT molecular complexity index is 570. The Labute approximate surface area is 136 Å². The van der Waals surface area contributed by atoms with Crippen LogP contribution in [0.25, 0.3) is 0 Å². The summed E-state index contributed by atoms with van der Waals surface area (Å²) in [5.41, 5.74) is 1.29. The zero-order chi connectivity index (χ0) is 16.1. The van der Waals surface area contributed by atoms with E-state index in [0.717, 1.165) is 12.8 Å². The van der Waals surface area contributed by atoms with E-state index in [9.17, 15) is 4.79 Å². The lowest BCUT2D eigenvalue weighted by Crippen LogP contribution is -2.47. The van der Waals surface area contributed by atoms with Crippen molar-refractivity contribution in [2.45, 2.75) is 25.9 Å². The molecule has 0 unspecified atom stereocenters. The van der Waals surface area contributed by atoms with Crippen molar-refractivity contribution < 1.29 is 19.0 Å². The van der Waals surface area contributed by atoms with Crippen LogP contribution in [-0.4, -0.2) is 49.8 Å². The third-order valence-electron chi connectivity index (χ3n) is 4.19. The number of carbonyl (C=O) groups excluding carboxylic acids is 1. The van der Waals surface area contributed by atoms with Crippen LogP contribution >= 0.6 is 0 Å². The Morgan fingerprint density at radius 3 is 2.74 bits per heavy atom. The number of hydrogen-bond donors (Lipinski definition) is 0. The molecular weight excluding hydrogens is 294 g/mol. The van der Waals surface area contributed by atoms with Crippen LogP contribution < -0.4 is 0 Å². The summed E-state index contributed by atoms with van der Waals surface area (Å²) < 4.78 is 16.7. The van der Waals surface area contributed by atoms with Gasteiger partial charge in [0.25, 0.3) is 5.91 Å². The second-order valence-corrected chi connectivity index (χ2v) is 5.85. The fraction of sp³-hybridized carbons (Fsp3) is 0.500. The molecule has 5 heteroatoms. The monoisotopic (exact) mass is 317 g/mol. The second-order valence-electron chi connectivity index (χ2n) is 5.85. The van der Waals surface area contributed by atoms with Gasteiger partial charge >= 0.3 is 0 Å². The molecule has 1 aromatic carbocycles. The van der Waals surface area contributed by atoms with Crippen LogP contribution in [0.15, 0.2) is 41.9 Å². The Morgan fingerprint density at radius 1 is 1.17 bits per heavy atom. The summed E-state index contributed by atoms with van der Waals surface area (Å²) in [6, 6.07) is 10.3. The molecule has 0 spiro atoms. The number of aryl methyl sites for hydroxylation is 1. The number of ether oxygens (including phenoxy) is 3. The third-order valence-corrected chi connectivity index (χ3v) is 4.19. The molecule has 1 fully saturated rings. The zero-order valence-electron chi connectivity index (χ0n) is 13.5. The maximum absolute atomic E-state index is 12.6. The third kappa shape index (κ3) is 4.05. The predicted octanol–water partition coefficient (Wildman–Crippen LogP) is 2.12. The van der Waals surface area contributed by atoms with E-state index >= 15 is 0 Å². The number of rotatable bonds is 4. The van der Waals surface area contributed by atoms with Gasteiger partial charge in [0.1, 0.15) is 19.0 Å². The minimum absolute atomic E-state index is 0.0679. The molecule has 3 rings (SSSR count). The van der Waals surface area contributed by atoms with Crippen LogP contribution in [0, 0.1) is 0 Å². The molecule has 0 saturated carbocycles. The number of hydrogen-bond acceptors (Lipinski definition) is 4. The lowest BCUT2D eigenvalue weighted by atomic mass is 10.1. The van der Waals surface area contributed by atoms with Gasteiger partial charge in [0, 0.05) is 13.1 Å². The van der Waals surface area contributed by atoms with Gasteiger partial charge in [0.2, 0.25) is 5.76 Å². The summed E-state index contributed by atoms with van der Waals surface area (Å²) in [5.74, 6) is 0.837. The smallest absolute Gasteiger partial charge is 0.292 e. The molecule has 2 aliphatic rings. The number of carbonyl (C=O) groups is 1. The van der Waals surface area contributed by atoms with Gasteiger partial charge in [-0.1, -0.05) is 30.3 Å². The van der Waals surface area contributed by atoms with Gasteiger partial charge in [-0.05, 0) is 25.3 Å². The normalized spacial score (nSPS) is 21.6. The fourth-order valence-corrected chi connectivity index (χ4v) is 2.91. The van der Waals surface area contributed by atoms with E-state index in [1.54, 1.807) is 6.92 Å². The van der Waals surface area contributed by atoms with E-state index in [1.807, 2.05) is 23.1 Å². The van der Waals surface area contributed by atoms with Crippen LogP contribution in [-0.2, 0) is 25.4 Å². The molecule has 5 nitrogen and oxygen atoms in total. The van der Waals surface area contributed by atoms with Gasteiger partial charge in [-0.25, -0.2) is 0 Å². The van der Waals surface area contributed by atoms with E-state index in [0.29, 0.717) is 44.4 Å². The summed E-state index contributed by atoms with van der Waals surface area (Å²) in [5, 5.41) is 0. The number of morpholine rings is 1. The first-order valence-electron chi connectivity index (χ1n) is 8.15. The number of nitrogens with zero attached hydrogens (tertiary/aromatic N) is 1. The standard InChI is InChI=1S/C18H23NO4/c1-14-17(23-12-11-21-14)18(20)19-9-10-22-16(13-19)8-7-15-5-3-2-4-6-15/h2-6,16H,7-13H2,1H3/t16-/m1/s1. The van der Waals surface area contributed by atoms with E-state index < -0.39 is 0 Å². The molecule has 1 amide bonds. The van der Waals surface area contributed by atoms with E-state index in [4.69, 9.17) is 14.2 Å². The Morgan fingerprint density at radius 2 is 1.96 bits per heavy atom. The lowest BCUT2D eigenvalue weighted by Gasteiger charge is -2.34. The van der Waals surface area contributed by atoms with Gasteiger partial charge in [0.05, 0.1) is 12.7 Å². The number of benzene rings is 1. The molecule has 0 aliphatic carbocycles. The first-order chi connectivity index (χ1) is 11.2. The molecular formula is C18H23NO4. The van der Waals surface area contributed by atoms with Crippen molar-refractivity contribution in [2.75, 3.05) is 32.9 Å². The van der Waals surface area contributed by atoms with E-state index in [2.05, 4.69) is 12.1 Å². The minimum Gasteiger partial charge on any atom is -0.491 e. The summed E-state index contributed by atoms with van der Waals surface area (Å²) in [7, 11) is 0. The first kappa shape index (κ1) is 15.9. The number of allylic oxidation sites excluding steroid dienone is 1. The van der Waals surface area contributed by atoms with Gasteiger partial charge in [0.15, 0.2) is 0 Å². The van der Waals surface area contributed by atoms with Crippen LogP contribution in [0.3, 0.4) is 0 Å². The quantitative estimate of drug-likeness (QED) is 0.853. The predicted molar refractivity (Wildman–Crippen MR) is 85.7 cm³/mol. The number of amides is 1. The average molecular weight is 317 g/mol. The van der Waals surface area contributed by atoms with Crippen molar-refractivity contribution in [3.05, 3.63) is 47.4 Å². The van der Waals surface area contributed by atoms with Gasteiger partial charge in [-0.2, -0.15) is 0 Å². The topological polar surface area (TPSA) is 48.0 Å². The van der Waals surface area contributed by atoms with Gasteiger partial charge < -0.3 is 19.1 Å².